The average molecular weight is 216 g/mol. The van der Waals surface area contributed by atoms with Crippen molar-refractivity contribution in [3.8, 4) is 0 Å². The molecule has 81 valence electrons. The Morgan fingerprint density at radius 2 is 2.12 bits per heavy atom. The summed E-state index contributed by atoms with van der Waals surface area (Å²) in [5.74, 6) is -0.811. The Bertz CT molecular complexity index is 503. The monoisotopic (exact) mass is 216 g/mol. The predicted octanol–water partition coefficient (Wildman–Crippen LogP) is 1.48. The van der Waals surface area contributed by atoms with Gasteiger partial charge in [-0.3, -0.25) is 4.79 Å². The minimum Gasteiger partial charge on any atom is -0.464 e. The molecule has 1 aromatic rings. The zero-order chi connectivity index (χ0) is 11.7. The number of nitrogens with zero attached hydrogens (tertiary/aromatic N) is 1. The van der Waals surface area contributed by atoms with Crippen LogP contribution in [0.25, 0.3) is 0 Å². The smallest absolute Gasteiger partial charge is 0.356 e. The first kappa shape index (κ1) is 10.4. The first-order valence-electron chi connectivity index (χ1n) is 4.78. The highest BCUT2D eigenvalue weighted by molar-refractivity contribution is 6.13. The van der Waals surface area contributed by atoms with Crippen LogP contribution in [0.15, 0.2) is 30.0 Å². The molecule has 0 fully saturated rings. The Labute approximate surface area is 92.9 Å². The van der Waals surface area contributed by atoms with Gasteiger partial charge in [0.1, 0.15) is 0 Å². The number of benzene rings is 1. The van der Waals surface area contributed by atoms with E-state index in [2.05, 4.69) is 10.1 Å². The average Bonchev–Trinajstić information content (AvgIpc) is 2.28. The molecule has 0 bridgehead atoms. The van der Waals surface area contributed by atoms with Crippen LogP contribution in [0.4, 0.5) is 5.69 Å². The minimum atomic E-state index is -0.598. The van der Waals surface area contributed by atoms with Gasteiger partial charge in [-0.25, -0.2) is 10.1 Å². The van der Waals surface area contributed by atoms with Gasteiger partial charge < -0.3 is 4.74 Å². The Morgan fingerprint density at radius 1 is 1.38 bits per heavy atom. The Hall–Kier alpha value is -2.10. The van der Waals surface area contributed by atoms with Gasteiger partial charge in [-0.15, -0.1) is 0 Å². The van der Waals surface area contributed by atoms with E-state index in [0.717, 1.165) is 5.56 Å². The molecule has 4 heteroatoms. The third-order valence-corrected chi connectivity index (χ3v) is 2.32. The molecule has 0 amide bonds. The number of allylic oxidation sites excluding steroid dienone is 1. The highest BCUT2D eigenvalue weighted by atomic mass is 16.5. The van der Waals surface area contributed by atoms with E-state index in [0.29, 0.717) is 11.3 Å². The molecule has 1 aliphatic heterocycles. The first-order chi connectivity index (χ1) is 7.61. The Balaban J connectivity index is 2.42. The first-order valence-corrected chi connectivity index (χ1v) is 4.78. The highest BCUT2D eigenvalue weighted by Gasteiger charge is 2.23. The summed E-state index contributed by atoms with van der Waals surface area (Å²) in [5, 5.41) is 4.07. The van der Waals surface area contributed by atoms with E-state index in [1.165, 1.54) is 13.2 Å². The molecule has 1 heterocycles. The van der Waals surface area contributed by atoms with Gasteiger partial charge in [-0.1, -0.05) is 11.6 Å². The molecule has 4 nitrogen and oxygen atoms in total. The summed E-state index contributed by atoms with van der Waals surface area (Å²) >= 11 is 0. The van der Waals surface area contributed by atoms with E-state index in [1.807, 2.05) is 13.0 Å². The van der Waals surface area contributed by atoms with Crippen molar-refractivity contribution >= 4 is 17.4 Å². The number of ether oxygens (including phenoxy) is 1. The zero-order valence-corrected chi connectivity index (χ0v) is 8.98. The number of carbonyl (C=O) groups excluding carboxylic acids is 2. The van der Waals surface area contributed by atoms with Crippen LogP contribution in [-0.4, -0.2) is 18.9 Å². The largest absolute Gasteiger partial charge is 0.464 e. The number of hydrogen-bond acceptors (Lipinski definition) is 3. The molecule has 0 spiro atoms. The van der Waals surface area contributed by atoms with Crippen molar-refractivity contribution in [2.75, 3.05) is 7.11 Å². The number of hydrogen-bond donors (Lipinski definition) is 0. The summed E-state index contributed by atoms with van der Waals surface area (Å²) in [7, 11) is 1.26. The molecule has 0 unspecified atom stereocenters. The van der Waals surface area contributed by atoms with Gasteiger partial charge in [0.05, 0.1) is 12.8 Å². The van der Waals surface area contributed by atoms with E-state index in [4.69, 9.17) is 0 Å². The second kappa shape index (κ2) is 3.81. The van der Waals surface area contributed by atoms with Gasteiger partial charge in [0, 0.05) is 11.6 Å². The van der Waals surface area contributed by atoms with Crippen molar-refractivity contribution in [2.45, 2.75) is 6.92 Å². The minimum absolute atomic E-state index is 0.0452. The fourth-order valence-corrected chi connectivity index (χ4v) is 1.52. The van der Waals surface area contributed by atoms with Crippen LogP contribution < -0.4 is 5.32 Å². The van der Waals surface area contributed by atoms with E-state index in [9.17, 15) is 9.59 Å². The van der Waals surface area contributed by atoms with Crippen molar-refractivity contribution in [1.82, 2.24) is 5.32 Å². The predicted molar refractivity (Wildman–Crippen MR) is 57.4 cm³/mol. The Morgan fingerprint density at radius 3 is 2.81 bits per heavy atom. The normalized spacial score (nSPS) is 13.6. The molecule has 1 aromatic carbocycles. The standard InChI is InChI=1S/C12H10NO3/c1-7-3-4-9-8(5-7)11(14)6-10(13-9)12(15)16-2/h3-6H,1-2H3. The molecule has 0 saturated heterocycles. The maximum absolute atomic E-state index is 11.7. The SMILES string of the molecule is COC(=O)C1=CC(=O)c2cc(C)ccc2[N]1. The molecule has 0 N–H and O–H groups in total. The van der Waals surface area contributed by atoms with Crippen LogP contribution in [0.5, 0.6) is 0 Å². The van der Waals surface area contributed by atoms with Crippen LogP contribution in [-0.2, 0) is 9.53 Å². The van der Waals surface area contributed by atoms with Crippen molar-refractivity contribution in [1.29, 1.82) is 0 Å². The van der Waals surface area contributed by atoms with Crippen LogP contribution in [0.1, 0.15) is 15.9 Å². The number of ketones is 1. The van der Waals surface area contributed by atoms with Crippen molar-refractivity contribution in [2.24, 2.45) is 0 Å². The molecule has 0 atom stereocenters. The van der Waals surface area contributed by atoms with Crippen molar-refractivity contribution < 1.29 is 14.3 Å². The van der Waals surface area contributed by atoms with E-state index < -0.39 is 5.97 Å². The maximum atomic E-state index is 11.7. The second-order valence-electron chi connectivity index (χ2n) is 3.52. The number of fused-ring (bicyclic) bond motifs is 1. The van der Waals surface area contributed by atoms with Gasteiger partial charge in [0.2, 0.25) is 0 Å². The van der Waals surface area contributed by atoms with Crippen LogP contribution in [0.3, 0.4) is 0 Å². The summed E-state index contributed by atoms with van der Waals surface area (Å²) in [4.78, 5) is 23.0. The summed E-state index contributed by atoms with van der Waals surface area (Å²) in [6, 6.07) is 5.32. The second-order valence-corrected chi connectivity index (χ2v) is 3.52. The van der Waals surface area contributed by atoms with Crippen LogP contribution >= 0.6 is 0 Å². The quantitative estimate of drug-likeness (QED) is 0.668. The van der Waals surface area contributed by atoms with E-state index in [-0.39, 0.29) is 11.5 Å². The number of rotatable bonds is 1. The molecule has 0 aliphatic carbocycles. The highest BCUT2D eigenvalue weighted by Crippen LogP contribution is 2.24. The number of methoxy groups -OCH3 is 1. The lowest BCUT2D eigenvalue weighted by Gasteiger charge is -2.14. The number of carbonyl (C=O) groups is 2. The lowest BCUT2D eigenvalue weighted by Crippen LogP contribution is -2.19. The number of esters is 1. The van der Waals surface area contributed by atoms with Gasteiger partial charge >= 0.3 is 5.97 Å². The fourth-order valence-electron chi connectivity index (χ4n) is 1.52. The third-order valence-electron chi connectivity index (χ3n) is 2.32. The zero-order valence-electron chi connectivity index (χ0n) is 8.98. The van der Waals surface area contributed by atoms with E-state index in [1.54, 1.807) is 12.1 Å². The molecule has 1 aliphatic rings. The van der Waals surface area contributed by atoms with Gasteiger partial charge in [-0.05, 0) is 19.1 Å². The van der Waals surface area contributed by atoms with Gasteiger partial charge in [0.15, 0.2) is 11.5 Å². The van der Waals surface area contributed by atoms with E-state index >= 15 is 0 Å². The summed E-state index contributed by atoms with van der Waals surface area (Å²) in [5.41, 5.74) is 2.06. The fraction of sp³-hybridized carbons (Fsp3) is 0.167. The molecule has 1 radical (unpaired) electrons. The van der Waals surface area contributed by atoms with Crippen molar-refractivity contribution in [3.05, 3.63) is 41.1 Å². The van der Waals surface area contributed by atoms with Gasteiger partial charge in [-0.2, -0.15) is 0 Å². The molecule has 16 heavy (non-hydrogen) atoms. The molecule has 0 aromatic heterocycles. The molecule has 2 rings (SSSR count). The summed E-state index contributed by atoms with van der Waals surface area (Å²) in [6.07, 6.45) is 1.20. The third kappa shape index (κ3) is 1.69. The van der Waals surface area contributed by atoms with Crippen LogP contribution in [0, 0.1) is 6.92 Å². The summed E-state index contributed by atoms with van der Waals surface area (Å²) < 4.78 is 4.52. The van der Waals surface area contributed by atoms with Crippen LogP contribution in [0.2, 0.25) is 0 Å². The lowest BCUT2D eigenvalue weighted by molar-refractivity contribution is -0.136. The summed E-state index contributed by atoms with van der Waals surface area (Å²) in [6.45, 7) is 1.90. The molecule has 0 saturated carbocycles. The van der Waals surface area contributed by atoms with Crippen molar-refractivity contribution in [3.63, 3.8) is 0 Å². The topological polar surface area (TPSA) is 57.5 Å². The number of aryl methyl sites for hydroxylation is 1. The Kier molecular flexibility index (Phi) is 2.48. The lowest BCUT2D eigenvalue weighted by atomic mass is 10.0. The van der Waals surface area contributed by atoms with Gasteiger partial charge in [0.25, 0.3) is 0 Å². The maximum Gasteiger partial charge on any atom is 0.356 e. The molecular formula is C12H10NO3. The molecular weight excluding hydrogens is 206 g/mol.